The topological polar surface area (TPSA) is 103 Å². The molecule has 3 N–H and O–H groups in total. The Kier molecular flexibility index (Phi) is 6.67. The molecule has 0 spiro atoms. The smallest absolute Gasteiger partial charge is 0.263 e. The summed E-state index contributed by atoms with van der Waals surface area (Å²) in [7, 11) is 2.13. The maximum Gasteiger partial charge on any atom is 0.263 e. The minimum atomic E-state index is -0.494. The average molecular weight is 475 g/mol. The van der Waals surface area contributed by atoms with Crippen LogP contribution in [0.4, 0.5) is 22.7 Å². The van der Waals surface area contributed by atoms with Gasteiger partial charge in [-0.25, -0.2) is 0 Å². The van der Waals surface area contributed by atoms with Gasteiger partial charge in [-0.1, -0.05) is 0 Å². The summed E-state index contributed by atoms with van der Waals surface area (Å²) < 4.78 is 5.93. The maximum atomic E-state index is 13.1. The van der Waals surface area contributed by atoms with Gasteiger partial charge in [0.05, 0.1) is 24.2 Å². The zero-order valence-electron chi connectivity index (χ0n) is 19.8. The first-order chi connectivity index (χ1) is 17.1. The molecule has 9 nitrogen and oxygen atoms in total. The summed E-state index contributed by atoms with van der Waals surface area (Å²) in [5.74, 6) is 0.739. The Morgan fingerprint density at radius 1 is 1.09 bits per heavy atom. The zero-order valence-corrected chi connectivity index (χ0v) is 19.8. The van der Waals surface area contributed by atoms with E-state index in [4.69, 9.17) is 4.74 Å². The van der Waals surface area contributed by atoms with E-state index in [2.05, 4.69) is 37.4 Å². The highest BCUT2D eigenvalue weighted by molar-refractivity contribution is 6.08. The Balaban J connectivity index is 1.31. The first-order valence-corrected chi connectivity index (χ1v) is 12.0. The molecular formula is C26H30N6O3. The van der Waals surface area contributed by atoms with Gasteiger partial charge in [0.15, 0.2) is 0 Å². The predicted molar refractivity (Wildman–Crippen MR) is 137 cm³/mol. The van der Waals surface area contributed by atoms with Crippen molar-refractivity contribution in [3.63, 3.8) is 0 Å². The minimum absolute atomic E-state index is 0.00681. The second-order valence-electron chi connectivity index (χ2n) is 9.14. The van der Waals surface area contributed by atoms with E-state index in [-0.39, 0.29) is 5.56 Å². The lowest BCUT2D eigenvalue weighted by atomic mass is 10.2. The number of nitrogens with zero attached hydrogens (tertiary/aromatic N) is 3. The van der Waals surface area contributed by atoms with E-state index in [1.165, 1.54) is 19.0 Å². The van der Waals surface area contributed by atoms with E-state index in [0.717, 1.165) is 31.9 Å². The van der Waals surface area contributed by atoms with Crippen LogP contribution in [0.1, 0.15) is 23.2 Å². The monoisotopic (exact) mass is 474 g/mol. The van der Waals surface area contributed by atoms with Crippen LogP contribution in [0.2, 0.25) is 0 Å². The number of aromatic nitrogens is 2. The average Bonchev–Trinajstić information content (AvgIpc) is 3.69. The summed E-state index contributed by atoms with van der Waals surface area (Å²) in [6.45, 7) is 4.63. The third kappa shape index (κ3) is 5.63. The van der Waals surface area contributed by atoms with Crippen molar-refractivity contribution in [3.8, 4) is 5.75 Å². The van der Waals surface area contributed by atoms with Crippen molar-refractivity contribution < 1.29 is 9.53 Å². The number of benzene rings is 1. The van der Waals surface area contributed by atoms with Gasteiger partial charge in [0.2, 0.25) is 0 Å². The highest BCUT2D eigenvalue weighted by Gasteiger charge is 2.23. The van der Waals surface area contributed by atoms with E-state index in [0.29, 0.717) is 35.3 Å². The number of carbonyl (C=O) groups is 1. The van der Waals surface area contributed by atoms with Gasteiger partial charge in [-0.05, 0) is 56.1 Å². The lowest BCUT2D eigenvalue weighted by molar-refractivity contribution is 0.102. The van der Waals surface area contributed by atoms with Gasteiger partial charge in [-0.2, -0.15) is 0 Å². The molecule has 182 valence electrons. The number of rotatable bonds is 8. The first-order valence-electron chi connectivity index (χ1n) is 12.0. The van der Waals surface area contributed by atoms with Crippen LogP contribution < -0.4 is 25.8 Å². The molecule has 1 aliphatic carbocycles. The summed E-state index contributed by atoms with van der Waals surface area (Å²) in [4.78, 5) is 37.2. The van der Waals surface area contributed by atoms with Crippen molar-refractivity contribution in [1.29, 1.82) is 0 Å². The van der Waals surface area contributed by atoms with Gasteiger partial charge in [-0.15, -0.1) is 0 Å². The standard InChI is InChI=1S/C26H30N6O3/c1-31-12-14-32(15-13-31)20-6-4-19(5-7-20)29-26(34)24-21(8-11-28-25(24)33)30-22-16-27-10-9-23(22)35-17-18-2-3-18/h4-11,16,18H,2-3,12-15,17H2,1H3,(H,29,34)(H2,28,30,33). The number of likely N-dealkylation sites (N-methyl/N-ethyl adjacent to an activating group) is 1. The normalized spacial score (nSPS) is 16.1. The molecule has 1 saturated carbocycles. The van der Waals surface area contributed by atoms with Crippen LogP contribution in [0, 0.1) is 5.92 Å². The van der Waals surface area contributed by atoms with Crippen LogP contribution in [-0.4, -0.2) is 60.6 Å². The Morgan fingerprint density at radius 2 is 1.86 bits per heavy atom. The SMILES string of the molecule is CN1CCN(c2ccc(NC(=O)c3c(Nc4cnccc4OCC4CC4)cc[nH]c3=O)cc2)CC1. The molecule has 35 heavy (non-hydrogen) atoms. The van der Waals surface area contributed by atoms with Crippen LogP contribution in [0.3, 0.4) is 0 Å². The number of ether oxygens (including phenoxy) is 1. The number of piperazine rings is 1. The Bertz CT molecular complexity index is 1230. The maximum absolute atomic E-state index is 13.1. The van der Waals surface area contributed by atoms with E-state index in [1.807, 2.05) is 24.3 Å². The van der Waals surface area contributed by atoms with Gasteiger partial charge in [0.1, 0.15) is 11.3 Å². The van der Waals surface area contributed by atoms with Crippen molar-refractivity contribution in [3.05, 3.63) is 70.9 Å². The predicted octanol–water partition coefficient (Wildman–Crippen LogP) is 3.31. The molecule has 1 saturated heterocycles. The molecule has 0 atom stereocenters. The summed E-state index contributed by atoms with van der Waals surface area (Å²) in [5.41, 5.74) is 2.23. The van der Waals surface area contributed by atoms with Gasteiger partial charge < -0.3 is 30.2 Å². The van der Waals surface area contributed by atoms with E-state index in [1.54, 1.807) is 24.5 Å². The van der Waals surface area contributed by atoms with Crippen molar-refractivity contribution >= 4 is 28.7 Å². The van der Waals surface area contributed by atoms with E-state index in [9.17, 15) is 9.59 Å². The molecule has 3 heterocycles. The molecule has 9 heteroatoms. The number of hydrogen-bond donors (Lipinski definition) is 3. The molecule has 0 bridgehead atoms. The van der Waals surface area contributed by atoms with Crippen LogP contribution in [0.5, 0.6) is 5.75 Å². The van der Waals surface area contributed by atoms with Crippen molar-refractivity contribution in [2.24, 2.45) is 5.92 Å². The minimum Gasteiger partial charge on any atom is -0.491 e. The number of H-pyrrole nitrogens is 1. The molecule has 2 aliphatic rings. The lowest BCUT2D eigenvalue weighted by Crippen LogP contribution is -2.44. The molecule has 0 unspecified atom stereocenters. The zero-order chi connectivity index (χ0) is 24.2. The molecule has 2 aromatic heterocycles. The molecule has 2 fully saturated rings. The molecule has 3 aromatic rings. The second-order valence-corrected chi connectivity index (χ2v) is 9.14. The van der Waals surface area contributed by atoms with Crippen molar-refractivity contribution in [2.45, 2.75) is 12.8 Å². The number of carbonyl (C=O) groups excluding carboxylic acids is 1. The third-order valence-electron chi connectivity index (χ3n) is 6.40. The summed E-state index contributed by atoms with van der Waals surface area (Å²) >= 11 is 0. The molecule has 1 amide bonds. The Labute approximate surface area is 204 Å². The third-order valence-corrected chi connectivity index (χ3v) is 6.40. The van der Waals surface area contributed by atoms with Gasteiger partial charge in [0, 0.05) is 56.0 Å². The number of amides is 1. The molecular weight excluding hydrogens is 444 g/mol. The van der Waals surface area contributed by atoms with Crippen LogP contribution in [0.25, 0.3) is 0 Å². The molecule has 1 aromatic carbocycles. The summed E-state index contributed by atoms with van der Waals surface area (Å²) in [6, 6.07) is 11.1. The van der Waals surface area contributed by atoms with E-state index < -0.39 is 11.5 Å². The largest absolute Gasteiger partial charge is 0.491 e. The lowest BCUT2D eigenvalue weighted by Gasteiger charge is -2.34. The summed E-state index contributed by atoms with van der Waals surface area (Å²) in [5, 5.41) is 6.02. The number of pyridine rings is 2. The fraction of sp³-hybridized carbons (Fsp3) is 0.346. The quantitative estimate of drug-likeness (QED) is 0.460. The fourth-order valence-corrected chi connectivity index (χ4v) is 4.06. The Morgan fingerprint density at radius 3 is 2.60 bits per heavy atom. The highest BCUT2D eigenvalue weighted by atomic mass is 16.5. The van der Waals surface area contributed by atoms with Crippen LogP contribution in [0.15, 0.2) is 59.8 Å². The fourth-order valence-electron chi connectivity index (χ4n) is 4.06. The molecule has 1 aliphatic heterocycles. The van der Waals surface area contributed by atoms with Crippen molar-refractivity contribution in [1.82, 2.24) is 14.9 Å². The number of nitrogens with one attached hydrogen (secondary N) is 3. The summed E-state index contributed by atoms with van der Waals surface area (Å²) in [6.07, 6.45) is 7.16. The second kappa shape index (κ2) is 10.2. The number of aromatic amines is 1. The van der Waals surface area contributed by atoms with Crippen LogP contribution >= 0.6 is 0 Å². The Hall–Kier alpha value is -3.85. The van der Waals surface area contributed by atoms with Crippen molar-refractivity contribution in [2.75, 3.05) is 55.4 Å². The number of hydrogen-bond acceptors (Lipinski definition) is 7. The van der Waals surface area contributed by atoms with Gasteiger partial charge in [-0.3, -0.25) is 14.6 Å². The first kappa shape index (κ1) is 22.9. The van der Waals surface area contributed by atoms with E-state index >= 15 is 0 Å². The molecule has 0 radical (unpaired) electrons. The number of anilines is 4. The van der Waals surface area contributed by atoms with Gasteiger partial charge in [0.25, 0.3) is 11.5 Å². The van der Waals surface area contributed by atoms with Gasteiger partial charge >= 0.3 is 0 Å². The highest BCUT2D eigenvalue weighted by Crippen LogP contribution is 2.32. The molecule has 5 rings (SSSR count). The van der Waals surface area contributed by atoms with Crippen LogP contribution in [-0.2, 0) is 0 Å².